The number of carbonyl (C=O) groups is 1. The van der Waals surface area contributed by atoms with Crippen LogP contribution in [-0.2, 0) is 4.79 Å². The molecule has 0 atom stereocenters. The van der Waals surface area contributed by atoms with Crippen LogP contribution in [0.2, 0.25) is 0 Å². The van der Waals surface area contributed by atoms with E-state index >= 15 is 0 Å². The summed E-state index contributed by atoms with van der Waals surface area (Å²) in [6.45, 7) is 3.57. The van der Waals surface area contributed by atoms with Gasteiger partial charge in [-0.1, -0.05) is 6.58 Å². The highest BCUT2D eigenvalue weighted by Crippen LogP contribution is 2.34. The number of carbonyl (C=O) groups excluding carboxylic acids is 1. The highest BCUT2D eigenvalue weighted by Gasteiger charge is 2.23. The smallest absolute Gasteiger partial charge is 0.145 e. The quantitative estimate of drug-likeness (QED) is 0.372. The lowest BCUT2D eigenvalue weighted by Gasteiger charge is -1.82. The van der Waals surface area contributed by atoms with Gasteiger partial charge in [-0.2, -0.15) is 0 Å². The van der Waals surface area contributed by atoms with E-state index < -0.39 is 0 Å². The Balaban J connectivity index is 2.37. The minimum Gasteiger partial charge on any atom is -0.298 e. The average molecular weight is 96.1 g/mol. The third kappa shape index (κ3) is 0.889. The van der Waals surface area contributed by atoms with Gasteiger partial charge in [-0.3, -0.25) is 4.79 Å². The fourth-order valence-electron chi connectivity index (χ4n) is 0.550. The summed E-state index contributed by atoms with van der Waals surface area (Å²) in [5.41, 5.74) is 0.778. The Kier molecular flexibility index (Phi) is 0.970. The third-order valence-corrected chi connectivity index (χ3v) is 1.25. The zero-order valence-corrected chi connectivity index (χ0v) is 4.18. The summed E-state index contributed by atoms with van der Waals surface area (Å²) < 4.78 is 0. The molecular formula is C6H8O. The van der Waals surface area contributed by atoms with Gasteiger partial charge < -0.3 is 0 Å². The largest absolute Gasteiger partial charge is 0.298 e. The Morgan fingerprint density at radius 2 is 2.29 bits per heavy atom. The van der Waals surface area contributed by atoms with Crippen molar-refractivity contribution in [2.75, 3.05) is 0 Å². The van der Waals surface area contributed by atoms with E-state index in [0.717, 1.165) is 11.9 Å². The minimum absolute atomic E-state index is 0.553. The number of allylic oxidation sites excluding steroid dienone is 1. The molecule has 1 rings (SSSR count). The third-order valence-electron chi connectivity index (χ3n) is 1.25. The molecule has 7 heavy (non-hydrogen) atoms. The number of hydrogen-bond donors (Lipinski definition) is 0. The molecule has 1 heteroatoms. The van der Waals surface area contributed by atoms with E-state index in [1.165, 1.54) is 12.8 Å². The Bertz CT molecular complexity index is 101. The van der Waals surface area contributed by atoms with Crippen molar-refractivity contribution in [3.63, 3.8) is 0 Å². The van der Waals surface area contributed by atoms with Crippen LogP contribution in [0.25, 0.3) is 0 Å². The second kappa shape index (κ2) is 1.49. The first-order valence-corrected chi connectivity index (χ1v) is 2.48. The van der Waals surface area contributed by atoms with E-state index in [9.17, 15) is 4.79 Å². The molecule has 0 aliphatic heterocycles. The predicted molar refractivity (Wildman–Crippen MR) is 27.9 cm³/mol. The summed E-state index contributed by atoms with van der Waals surface area (Å²) in [4.78, 5) is 9.89. The van der Waals surface area contributed by atoms with Gasteiger partial charge in [0.1, 0.15) is 6.29 Å². The molecule has 0 spiro atoms. The SMILES string of the molecule is C=C(C=O)C1CC1. The minimum atomic E-state index is 0.553. The fourth-order valence-corrected chi connectivity index (χ4v) is 0.550. The van der Waals surface area contributed by atoms with Crippen molar-refractivity contribution in [2.24, 2.45) is 5.92 Å². The van der Waals surface area contributed by atoms with Gasteiger partial charge in [-0.05, 0) is 24.3 Å². The zero-order chi connectivity index (χ0) is 5.28. The van der Waals surface area contributed by atoms with Gasteiger partial charge in [0.15, 0.2) is 0 Å². The summed E-state index contributed by atoms with van der Waals surface area (Å²) >= 11 is 0. The lowest BCUT2D eigenvalue weighted by Crippen LogP contribution is -1.80. The Labute approximate surface area is 43.0 Å². The molecule has 38 valence electrons. The maximum Gasteiger partial charge on any atom is 0.145 e. The molecular weight excluding hydrogens is 88.1 g/mol. The van der Waals surface area contributed by atoms with Crippen molar-refractivity contribution in [2.45, 2.75) is 12.8 Å². The van der Waals surface area contributed by atoms with Crippen LogP contribution in [0.3, 0.4) is 0 Å². The van der Waals surface area contributed by atoms with Crippen LogP contribution in [0.1, 0.15) is 12.8 Å². The highest BCUT2D eigenvalue weighted by molar-refractivity contribution is 5.73. The topological polar surface area (TPSA) is 17.1 Å². The van der Waals surface area contributed by atoms with Crippen LogP contribution in [-0.4, -0.2) is 6.29 Å². The Morgan fingerprint density at radius 1 is 1.71 bits per heavy atom. The summed E-state index contributed by atoms with van der Waals surface area (Å²) in [5, 5.41) is 0. The number of hydrogen-bond acceptors (Lipinski definition) is 1. The molecule has 0 aromatic rings. The van der Waals surface area contributed by atoms with Crippen LogP contribution < -0.4 is 0 Å². The molecule has 0 N–H and O–H groups in total. The Morgan fingerprint density at radius 3 is 2.43 bits per heavy atom. The van der Waals surface area contributed by atoms with Gasteiger partial charge in [0, 0.05) is 0 Å². The van der Waals surface area contributed by atoms with Gasteiger partial charge in [0.25, 0.3) is 0 Å². The van der Waals surface area contributed by atoms with Gasteiger partial charge in [0.2, 0.25) is 0 Å². The van der Waals surface area contributed by atoms with Crippen LogP contribution in [0.4, 0.5) is 0 Å². The molecule has 0 amide bonds. The summed E-state index contributed by atoms with van der Waals surface area (Å²) in [6.07, 6.45) is 3.22. The molecule has 1 saturated carbocycles. The van der Waals surface area contributed by atoms with Crippen molar-refractivity contribution in [3.8, 4) is 0 Å². The van der Waals surface area contributed by atoms with Crippen molar-refractivity contribution in [1.82, 2.24) is 0 Å². The number of aldehydes is 1. The first kappa shape index (κ1) is 4.57. The second-order valence-electron chi connectivity index (χ2n) is 1.97. The average Bonchev–Trinajstić information content (AvgIpc) is 2.44. The van der Waals surface area contributed by atoms with Gasteiger partial charge in [0.05, 0.1) is 0 Å². The van der Waals surface area contributed by atoms with Crippen LogP contribution in [0, 0.1) is 5.92 Å². The van der Waals surface area contributed by atoms with Gasteiger partial charge in [-0.25, -0.2) is 0 Å². The molecule has 0 aromatic carbocycles. The van der Waals surface area contributed by atoms with Crippen LogP contribution in [0.5, 0.6) is 0 Å². The molecule has 0 bridgehead atoms. The van der Waals surface area contributed by atoms with E-state index in [1.807, 2.05) is 0 Å². The first-order valence-electron chi connectivity index (χ1n) is 2.48. The summed E-state index contributed by atoms with van der Waals surface area (Å²) in [5.74, 6) is 0.553. The van der Waals surface area contributed by atoms with Crippen LogP contribution in [0.15, 0.2) is 12.2 Å². The lowest BCUT2D eigenvalue weighted by molar-refractivity contribution is -0.105. The zero-order valence-electron chi connectivity index (χ0n) is 4.18. The summed E-state index contributed by atoms with van der Waals surface area (Å²) in [7, 11) is 0. The molecule has 1 aliphatic rings. The Hall–Kier alpha value is -0.590. The van der Waals surface area contributed by atoms with E-state index in [-0.39, 0.29) is 0 Å². The fraction of sp³-hybridized carbons (Fsp3) is 0.500. The molecule has 0 heterocycles. The molecule has 0 unspecified atom stereocenters. The van der Waals surface area contributed by atoms with E-state index in [4.69, 9.17) is 0 Å². The van der Waals surface area contributed by atoms with Crippen LogP contribution >= 0.6 is 0 Å². The normalized spacial score (nSPS) is 18.9. The maximum atomic E-state index is 9.89. The van der Waals surface area contributed by atoms with Gasteiger partial charge >= 0.3 is 0 Å². The van der Waals surface area contributed by atoms with Crippen molar-refractivity contribution in [3.05, 3.63) is 12.2 Å². The highest BCUT2D eigenvalue weighted by atomic mass is 16.1. The van der Waals surface area contributed by atoms with E-state index in [1.54, 1.807) is 0 Å². The monoisotopic (exact) mass is 96.1 g/mol. The lowest BCUT2D eigenvalue weighted by atomic mass is 10.2. The first-order chi connectivity index (χ1) is 3.34. The molecule has 1 aliphatic carbocycles. The molecule has 0 aromatic heterocycles. The van der Waals surface area contributed by atoms with Crippen molar-refractivity contribution >= 4 is 6.29 Å². The molecule has 0 radical (unpaired) electrons. The van der Waals surface area contributed by atoms with Crippen molar-refractivity contribution < 1.29 is 4.79 Å². The van der Waals surface area contributed by atoms with Crippen molar-refractivity contribution in [1.29, 1.82) is 0 Å². The van der Waals surface area contributed by atoms with Gasteiger partial charge in [-0.15, -0.1) is 0 Å². The van der Waals surface area contributed by atoms with E-state index in [2.05, 4.69) is 6.58 Å². The van der Waals surface area contributed by atoms with E-state index in [0.29, 0.717) is 5.92 Å². The standard InChI is InChI=1S/C6H8O/c1-5(4-7)6-2-3-6/h4,6H,1-3H2. The second-order valence-corrected chi connectivity index (χ2v) is 1.97. The molecule has 1 fully saturated rings. The maximum absolute atomic E-state index is 9.89. The summed E-state index contributed by atoms with van der Waals surface area (Å²) in [6, 6.07) is 0. The molecule has 1 nitrogen and oxygen atoms in total. The number of rotatable bonds is 2. The molecule has 0 saturated heterocycles. The predicted octanol–water partition coefficient (Wildman–Crippen LogP) is 1.15.